The molecule has 4 nitrogen and oxygen atoms in total. The fraction of sp³-hybridized carbons (Fsp3) is 0.545. The van der Waals surface area contributed by atoms with Crippen molar-refractivity contribution in [1.29, 1.82) is 0 Å². The number of aryl methyl sites for hydroxylation is 1. The molecule has 0 spiro atoms. The number of hydrogen-bond acceptors (Lipinski definition) is 3. The molecule has 27 heavy (non-hydrogen) atoms. The lowest BCUT2D eigenvalue weighted by Crippen LogP contribution is -2.45. The van der Waals surface area contributed by atoms with E-state index in [9.17, 15) is 14.0 Å². The maximum atomic E-state index is 14.3. The van der Waals surface area contributed by atoms with E-state index in [1.54, 1.807) is 13.0 Å². The summed E-state index contributed by atoms with van der Waals surface area (Å²) in [7, 11) is 0. The molecule has 2 aliphatic rings. The summed E-state index contributed by atoms with van der Waals surface area (Å²) in [6, 6.07) is 4.74. The highest BCUT2D eigenvalue weighted by Crippen LogP contribution is 2.45. The maximum Gasteiger partial charge on any atom is 0.254 e. The molecule has 1 amide bonds. The molecule has 1 aliphatic carbocycles. The molecule has 1 saturated carbocycles. The van der Waals surface area contributed by atoms with Crippen LogP contribution in [0.25, 0.3) is 0 Å². The molecule has 1 saturated heterocycles. The van der Waals surface area contributed by atoms with Crippen molar-refractivity contribution < 1.29 is 18.7 Å². The van der Waals surface area contributed by atoms with Gasteiger partial charge in [-0.1, -0.05) is 25.5 Å². The van der Waals surface area contributed by atoms with Crippen LogP contribution in [0.2, 0.25) is 0 Å². The number of nitrogens with one attached hydrogen (secondary N) is 1. The summed E-state index contributed by atoms with van der Waals surface area (Å²) in [5.74, 6) is 0.157. The number of carbonyl (C=O) groups excluding carboxylic acids is 2. The molecule has 0 aromatic heterocycles. The van der Waals surface area contributed by atoms with Gasteiger partial charge in [0.25, 0.3) is 5.91 Å². The van der Waals surface area contributed by atoms with E-state index >= 15 is 0 Å². The number of rotatable bonds is 6. The quantitative estimate of drug-likeness (QED) is 0.807. The summed E-state index contributed by atoms with van der Waals surface area (Å²) in [5, 5.41) is 2.61. The highest BCUT2D eigenvalue weighted by molar-refractivity contribution is 5.94. The summed E-state index contributed by atoms with van der Waals surface area (Å²) in [6.07, 6.45) is 6.40. The predicted molar refractivity (Wildman–Crippen MR) is 102 cm³/mol. The second-order valence-corrected chi connectivity index (χ2v) is 7.75. The monoisotopic (exact) mass is 373 g/mol. The lowest BCUT2D eigenvalue weighted by atomic mass is 9.76. The van der Waals surface area contributed by atoms with Gasteiger partial charge < -0.3 is 10.1 Å². The van der Waals surface area contributed by atoms with Gasteiger partial charge in [0.2, 0.25) is 0 Å². The molecule has 1 heterocycles. The van der Waals surface area contributed by atoms with Crippen LogP contribution < -0.4 is 5.32 Å². The third-order valence-corrected chi connectivity index (χ3v) is 5.79. The van der Waals surface area contributed by atoms with E-state index in [1.807, 2.05) is 0 Å². The zero-order valence-electron chi connectivity index (χ0n) is 16.0. The summed E-state index contributed by atoms with van der Waals surface area (Å²) in [5.41, 5.74) is 0.353. The van der Waals surface area contributed by atoms with Crippen molar-refractivity contribution in [2.24, 2.45) is 5.92 Å². The van der Waals surface area contributed by atoms with Gasteiger partial charge in [-0.25, -0.2) is 4.39 Å². The van der Waals surface area contributed by atoms with E-state index in [1.165, 1.54) is 12.1 Å². The van der Waals surface area contributed by atoms with Crippen LogP contribution in [-0.2, 0) is 16.0 Å². The first-order valence-electron chi connectivity index (χ1n) is 9.88. The summed E-state index contributed by atoms with van der Waals surface area (Å²) >= 11 is 0. The van der Waals surface area contributed by atoms with Crippen LogP contribution in [-0.4, -0.2) is 23.8 Å². The largest absolute Gasteiger partial charge is 0.491 e. The number of hydrogen-bond donors (Lipinski definition) is 1. The molecule has 1 aliphatic heterocycles. The Bertz CT molecular complexity index is 721. The molecule has 0 bridgehead atoms. The summed E-state index contributed by atoms with van der Waals surface area (Å²) in [6.45, 7) is 6.16. The zero-order chi connectivity index (χ0) is 19.4. The molecule has 2 fully saturated rings. The highest BCUT2D eigenvalue weighted by atomic mass is 19.1. The number of allylic oxidation sites excluding steroid dienone is 1. The van der Waals surface area contributed by atoms with Gasteiger partial charge in [0, 0.05) is 13.0 Å². The van der Waals surface area contributed by atoms with Crippen LogP contribution in [0.5, 0.6) is 0 Å². The number of carbonyl (C=O) groups is 2. The Kier molecular flexibility index (Phi) is 5.98. The molecular formula is C22H28FNO3. The van der Waals surface area contributed by atoms with Gasteiger partial charge in [-0.2, -0.15) is 0 Å². The molecule has 1 N–H and O–H groups in total. The Hall–Kier alpha value is -2.17. The Morgan fingerprint density at radius 3 is 2.74 bits per heavy atom. The van der Waals surface area contributed by atoms with Crippen molar-refractivity contribution in [2.75, 3.05) is 6.54 Å². The van der Waals surface area contributed by atoms with E-state index in [-0.39, 0.29) is 11.3 Å². The van der Waals surface area contributed by atoms with Crippen LogP contribution in [0.15, 0.2) is 30.5 Å². The van der Waals surface area contributed by atoms with Gasteiger partial charge in [0.05, 0.1) is 17.7 Å². The minimum absolute atomic E-state index is 0.0589. The number of ketones is 1. The fourth-order valence-corrected chi connectivity index (χ4v) is 4.51. The average molecular weight is 373 g/mol. The van der Waals surface area contributed by atoms with Gasteiger partial charge in [0.15, 0.2) is 0 Å². The lowest BCUT2D eigenvalue weighted by Gasteiger charge is -2.43. The van der Waals surface area contributed by atoms with Crippen LogP contribution in [0, 0.1) is 11.7 Å². The molecular weight excluding hydrogens is 345 g/mol. The Morgan fingerprint density at radius 1 is 1.37 bits per heavy atom. The number of benzene rings is 1. The Morgan fingerprint density at radius 2 is 2.11 bits per heavy atom. The maximum absolute atomic E-state index is 14.3. The minimum atomic E-state index is -0.516. The SMILES string of the molecule is C=C1CC(=O)CC(CCc2ccc(C(=O)NCC)c(F)c2)(C2CCCC2)O1. The van der Waals surface area contributed by atoms with E-state index in [0.717, 1.165) is 31.2 Å². The van der Waals surface area contributed by atoms with Crippen LogP contribution in [0.4, 0.5) is 4.39 Å². The van der Waals surface area contributed by atoms with Gasteiger partial charge in [-0.15, -0.1) is 0 Å². The first-order valence-corrected chi connectivity index (χ1v) is 9.88. The van der Waals surface area contributed by atoms with E-state index in [0.29, 0.717) is 43.9 Å². The fourth-order valence-electron chi connectivity index (χ4n) is 4.51. The normalized spacial score (nSPS) is 23.3. The van der Waals surface area contributed by atoms with Crippen molar-refractivity contribution >= 4 is 11.7 Å². The summed E-state index contributed by atoms with van der Waals surface area (Å²) < 4.78 is 20.6. The number of Topliss-reactive ketones (excluding diaryl/α,β-unsaturated/α-hetero) is 1. The van der Waals surface area contributed by atoms with E-state index in [4.69, 9.17) is 4.74 Å². The Balaban J connectivity index is 1.75. The van der Waals surface area contributed by atoms with Crippen LogP contribution in [0.3, 0.4) is 0 Å². The molecule has 1 atom stereocenters. The smallest absolute Gasteiger partial charge is 0.254 e. The second-order valence-electron chi connectivity index (χ2n) is 7.75. The molecule has 3 rings (SSSR count). The molecule has 1 unspecified atom stereocenters. The van der Waals surface area contributed by atoms with Gasteiger partial charge in [0.1, 0.15) is 17.2 Å². The van der Waals surface area contributed by atoms with E-state index in [2.05, 4.69) is 11.9 Å². The van der Waals surface area contributed by atoms with Crippen molar-refractivity contribution in [2.45, 2.75) is 63.9 Å². The van der Waals surface area contributed by atoms with Crippen molar-refractivity contribution in [3.05, 3.63) is 47.5 Å². The topological polar surface area (TPSA) is 55.4 Å². The average Bonchev–Trinajstić information content (AvgIpc) is 3.15. The zero-order valence-corrected chi connectivity index (χ0v) is 16.0. The van der Waals surface area contributed by atoms with Crippen molar-refractivity contribution in [3.63, 3.8) is 0 Å². The highest BCUT2D eigenvalue weighted by Gasteiger charge is 2.46. The third-order valence-electron chi connectivity index (χ3n) is 5.79. The predicted octanol–water partition coefficient (Wildman–Crippen LogP) is 4.33. The van der Waals surface area contributed by atoms with Gasteiger partial charge >= 0.3 is 0 Å². The first kappa shape index (κ1) is 19.6. The second kappa shape index (κ2) is 8.24. The molecule has 0 radical (unpaired) electrons. The molecule has 1 aromatic rings. The number of halogens is 1. The summed E-state index contributed by atoms with van der Waals surface area (Å²) in [4.78, 5) is 24.1. The molecule has 146 valence electrons. The van der Waals surface area contributed by atoms with Crippen molar-refractivity contribution in [3.8, 4) is 0 Å². The standard InChI is InChI=1S/C22H28FNO3/c1-3-24-21(26)19-9-8-16(13-20(19)23)10-11-22(17-6-4-5-7-17)14-18(25)12-15(2)27-22/h8-9,13,17H,2-7,10-12,14H2,1H3,(H,24,26). The Labute approximate surface area is 160 Å². The van der Waals surface area contributed by atoms with Gasteiger partial charge in [-0.05, 0) is 56.2 Å². The van der Waals surface area contributed by atoms with Crippen molar-refractivity contribution in [1.82, 2.24) is 5.32 Å². The molecule has 1 aromatic carbocycles. The molecule has 5 heteroatoms. The number of amides is 1. The van der Waals surface area contributed by atoms with Gasteiger partial charge in [-0.3, -0.25) is 9.59 Å². The van der Waals surface area contributed by atoms with Crippen LogP contribution in [0.1, 0.15) is 67.8 Å². The number of ether oxygens (including phenoxy) is 1. The minimum Gasteiger partial charge on any atom is -0.491 e. The third kappa shape index (κ3) is 4.40. The first-order chi connectivity index (χ1) is 12.9. The lowest BCUT2D eigenvalue weighted by molar-refractivity contribution is -0.138. The van der Waals surface area contributed by atoms with E-state index < -0.39 is 17.3 Å². The van der Waals surface area contributed by atoms with Crippen LogP contribution >= 0.6 is 0 Å².